The van der Waals surface area contributed by atoms with Crippen molar-refractivity contribution >= 4 is 17.7 Å². The average molecular weight is 431 g/mol. The van der Waals surface area contributed by atoms with Gasteiger partial charge >= 0.3 is 0 Å². The van der Waals surface area contributed by atoms with Crippen molar-refractivity contribution in [2.24, 2.45) is 5.73 Å². The van der Waals surface area contributed by atoms with Crippen molar-refractivity contribution in [2.75, 3.05) is 34.1 Å². The van der Waals surface area contributed by atoms with E-state index < -0.39 is 0 Å². The van der Waals surface area contributed by atoms with E-state index in [4.69, 9.17) is 19.9 Å². The summed E-state index contributed by atoms with van der Waals surface area (Å²) in [5, 5.41) is 2.96. The summed E-state index contributed by atoms with van der Waals surface area (Å²) < 4.78 is 16.8. The molecule has 3 N–H and O–H groups in total. The smallest absolute Gasteiger partial charge is 0.234 e. The molecule has 1 aliphatic carbocycles. The fourth-order valence-electron chi connectivity index (χ4n) is 3.87. The van der Waals surface area contributed by atoms with Gasteiger partial charge in [0.25, 0.3) is 0 Å². The highest BCUT2D eigenvalue weighted by atomic mass is 32.2. The van der Waals surface area contributed by atoms with E-state index in [9.17, 15) is 9.59 Å². The van der Waals surface area contributed by atoms with Gasteiger partial charge in [0.15, 0.2) is 16.9 Å². The lowest BCUT2D eigenvalue weighted by molar-refractivity contribution is -0.120. The molecule has 1 atom stereocenters. The van der Waals surface area contributed by atoms with Crippen LogP contribution < -0.4 is 30.7 Å². The lowest BCUT2D eigenvalue weighted by atomic mass is 9.95. The Bertz CT molecular complexity index is 1030. The van der Waals surface area contributed by atoms with Gasteiger partial charge in [-0.15, -0.1) is 11.8 Å². The van der Waals surface area contributed by atoms with Crippen molar-refractivity contribution in [3.8, 4) is 28.4 Å². The van der Waals surface area contributed by atoms with E-state index in [0.29, 0.717) is 35.0 Å². The number of nitrogens with two attached hydrogens (primary N) is 1. The maximum absolute atomic E-state index is 12.8. The second kappa shape index (κ2) is 9.40. The first kappa shape index (κ1) is 22.0. The molecular weight excluding hydrogens is 404 g/mol. The minimum Gasteiger partial charge on any atom is -0.493 e. The molecule has 1 amide bonds. The minimum absolute atomic E-state index is 0.0985. The molecule has 0 saturated carbocycles. The first-order valence-corrected chi connectivity index (χ1v) is 10.7. The number of hydrogen-bond donors (Lipinski definition) is 2. The molecular formula is C22H26N2O5S. The third-order valence-corrected chi connectivity index (χ3v) is 6.02. The van der Waals surface area contributed by atoms with Crippen LogP contribution in [0.25, 0.3) is 11.1 Å². The van der Waals surface area contributed by atoms with E-state index in [2.05, 4.69) is 5.32 Å². The van der Waals surface area contributed by atoms with Gasteiger partial charge in [0.05, 0.1) is 38.8 Å². The van der Waals surface area contributed by atoms with Crippen molar-refractivity contribution in [2.45, 2.75) is 23.8 Å². The van der Waals surface area contributed by atoms with Crippen LogP contribution in [0.1, 0.15) is 23.6 Å². The Morgan fingerprint density at radius 2 is 1.90 bits per heavy atom. The highest BCUT2D eigenvalue weighted by Crippen LogP contribution is 2.50. The van der Waals surface area contributed by atoms with E-state index in [0.717, 1.165) is 22.3 Å². The number of aryl methyl sites for hydroxylation is 1. The quantitative estimate of drug-likeness (QED) is 0.679. The van der Waals surface area contributed by atoms with Crippen LogP contribution in [0, 0.1) is 0 Å². The number of nitrogens with one attached hydrogen (secondary N) is 1. The third-order valence-electron chi connectivity index (χ3n) is 5.24. The predicted octanol–water partition coefficient (Wildman–Crippen LogP) is 2.52. The molecule has 160 valence electrons. The molecule has 30 heavy (non-hydrogen) atoms. The SMILES string of the molecule is COc1cc2c(c(OC)c1OC)-c1ccc(SC)c(=O)cc1[C@@H](NC(=O)CN)CC2. The van der Waals surface area contributed by atoms with Crippen molar-refractivity contribution in [3.63, 3.8) is 0 Å². The Kier molecular flexibility index (Phi) is 6.89. The van der Waals surface area contributed by atoms with Crippen LogP contribution in [0.4, 0.5) is 0 Å². The molecule has 8 heteroatoms. The van der Waals surface area contributed by atoms with Crippen molar-refractivity contribution in [1.82, 2.24) is 5.32 Å². The average Bonchev–Trinajstić information content (AvgIpc) is 3.00. The van der Waals surface area contributed by atoms with Gasteiger partial charge in [-0.1, -0.05) is 6.07 Å². The van der Waals surface area contributed by atoms with Crippen LogP contribution >= 0.6 is 11.8 Å². The van der Waals surface area contributed by atoms with Crippen LogP contribution in [0.5, 0.6) is 17.2 Å². The number of benzene rings is 1. The summed E-state index contributed by atoms with van der Waals surface area (Å²) in [4.78, 5) is 25.5. The van der Waals surface area contributed by atoms with Gasteiger partial charge in [-0.3, -0.25) is 9.59 Å². The second-order valence-electron chi connectivity index (χ2n) is 6.82. The number of rotatable bonds is 6. The van der Waals surface area contributed by atoms with Crippen LogP contribution in [0.2, 0.25) is 0 Å². The molecule has 0 aliphatic heterocycles. The van der Waals surface area contributed by atoms with Gasteiger partial charge < -0.3 is 25.3 Å². The third kappa shape index (κ3) is 3.97. The number of methoxy groups -OCH3 is 3. The summed E-state index contributed by atoms with van der Waals surface area (Å²) >= 11 is 1.38. The summed E-state index contributed by atoms with van der Waals surface area (Å²) in [7, 11) is 4.71. The van der Waals surface area contributed by atoms with Gasteiger partial charge in [-0.2, -0.15) is 0 Å². The number of hydrogen-bond acceptors (Lipinski definition) is 7. The molecule has 0 radical (unpaired) electrons. The van der Waals surface area contributed by atoms with Crippen LogP contribution in [0.15, 0.2) is 34.0 Å². The van der Waals surface area contributed by atoms with Gasteiger partial charge in [0.2, 0.25) is 11.7 Å². The number of thioether (sulfide) groups is 1. The van der Waals surface area contributed by atoms with E-state index in [1.807, 2.05) is 18.4 Å². The van der Waals surface area contributed by atoms with Gasteiger partial charge in [-0.05, 0) is 54.0 Å². The lowest BCUT2D eigenvalue weighted by Gasteiger charge is -2.19. The van der Waals surface area contributed by atoms with Crippen LogP contribution in [-0.2, 0) is 11.2 Å². The standard InChI is InChI=1S/C22H26N2O5S/c1-27-17-9-12-5-7-15(24-19(26)11-23)14-10-16(25)18(30-4)8-6-13(14)20(12)22(29-3)21(17)28-2/h6,8-10,15H,5,7,11,23H2,1-4H3,(H,24,26)/t15-/m0/s1. The van der Waals surface area contributed by atoms with Crippen LogP contribution in [0.3, 0.4) is 0 Å². The molecule has 0 spiro atoms. The molecule has 1 aliphatic rings. The topological polar surface area (TPSA) is 99.9 Å². The fraction of sp³-hybridized carbons (Fsp3) is 0.364. The maximum Gasteiger partial charge on any atom is 0.234 e. The molecule has 0 heterocycles. The zero-order valence-electron chi connectivity index (χ0n) is 17.5. The summed E-state index contributed by atoms with van der Waals surface area (Å²) in [5.74, 6) is 1.30. The number of amides is 1. The number of carbonyl (C=O) groups excluding carboxylic acids is 1. The normalized spacial score (nSPS) is 14.8. The zero-order valence-corrected chi connectivity index (χ0v) is 18.4. The zero-order chi connectivity index (χ0) is 21.8. The van der Waals surface area contributed by atoms with Gasteiger partial charge in [-0.25, -0.2) is 0 Å². The van der Waals surface area contributed by atoms with Crippen molar-refractivity contribution in [1.29, 1.82) is 0 Å². The summed E-state index contributed by atoms with van der Waals surface area (Å²) in [6.45, 7) is -0.122. The molecule has 3 rings (SSSR count). The van der Waals surface area contributed by atoms with E-state index in [1.54, 1.807) is 33.5 Å². The highest BCUT2D eigenvalue weighted by molar-refractivity contribution is 7.98. The fourth-order valence-corrected chi connectivity index (χ4v) is 4.33. The molecule has 7 nitrogen and oxygen atoms in total. The van der Waals surface area contributed by atoms with Gasteiger partial charge in [0, 0.05) is 5.56 Å². The second-order valence-corrected chi connectivity index (χ2v) is 7.67. The Morgan fingerprint density at radius 1 is 1.17 bits per heavy atom. The van der Waals surface area contributed by atoms with E-state index >= 15 is 0 Å². The number of ether oxygens (including phenoxy) is 3. The highest BCUT2D eigenvalue weighted by Gasteiger charge is 2.29. The summed E-state index contributed by atoms with van der Waals surface area (Å²) in [6, 6.07) is 6.88. The number of fused-ring (bicyclic) bond motifs is 3. The Hall–Kier alpha value is -2.71. The molecule has 2 aromatic carbocycles. The molecule has 0 bridgehead atoms. The van der Waals surface area contributed by atoms with Crippen LogP contribution in [-0.4, -0.2) is 40.0 Å². The molecule has 0 saturated heterocycles. The van der Waals surface area contributed by atoms with Gasteiger partial charge in [0.1, 0.15) is 0 Å². The maximum atomic E-state index is 12.8. The van der Waals surface area contributed by atoms with E-state index in [-0.39, 0.29) is 23.9 Å². The summed E-state index contributed by atoms with van der Waals surface area (Å²) in [5.41, 5.74) is 8.78. The Balaban J connectivity index is 2.38. The first-order chi connectivity index (χ1) is 14.5. The van der Waals surface area contributed by atoms with E-state index in [1.165, 1.54) is 11.8 Å². The lowest BCUT2D eigenvalue weighted by Crippen LogP contribution is -2.34. The molecule has 0 unspecified atom stereocenters. The molecule has 2 aromatic rings. The van der Waals surface area contributed by atoms with Crippen molar-refractivity contribution in [3.05, 3.63) is 45.6 Å². The Morgan fingerprint density at radius 3 is 2.50 bits per heavy atom. The molecule has 0 aromatic heterocycles. The largest absolute Gasteiger partial charge is 0.493 e. The predicted molar refractivity (Wildman–Crippen MR) is 118 cm³/mol. The van der Waals surface area contributed by atoms with Crippen molar-refractivity contribution < 1.29 is 19.0 Å². The summed E-state index contributed by atoms with van der Waals surface area (Å²) in [6.07, 6.45) is 3.10. The minimum atomic E-state index is -0.361. The Labute approximate surface area is 179 Å². The molecule has 0 fully saturated rings. The monoisotopic (exact) mass is 430 g/mol. The first-order valence-electron chi connectivity index (χ1n) is 9.52. The number of carbonyl (C=O) groups is 1.